The van der Waals surface area contributed by atoms with E-state index >= 15 is 0 Å². The van der Waals surface area contributed by atoms with Gasteiger partial charge in [0.15, 0.2) is 5.82 Å². The molecule has 2 aliphatic rings. The summed E-state index contributed by atoms with van der Waals surface area (Å²) in [6.07, 6.45) is -1.68. The van der Waals surface area contributed by atoms with Gasteiger partial charge >= 0.3 is 6.03 Å². The maximum atomic E-state index is 13.2. The van der Waals surface area contributed by atoms with Crippen LogP contribution in [-0.4, -0.2) is 40.5 Å². The Morgan fingerprint density at radius 2 is 2.00 bits per heavy atom. The maximum absolute atomic E-state index is 13.2. The molecule has 0 aliphatic carbocycles. The number of nitrogens with one attached hydrogen (secondary N) is 2. The number of anilines is 1. The fourth-order valence-electron chi connectivity index (χ4n) is 3.47. The maximum Gasteiger partial charge on any atom is 0.322 e. The van der Waals surface area contributed by atoms with Crippen LogP contribution in [-0.2, 0) is 4.79 Å². The van der Waals surface area contributed by atoms with E-state index in [0.717, 1.165) is 0 Å². The summed E-state index contributed by atoms with van der Waals surface area (Å²) in [5, 5.41) is 5.55. The van der Waals surface area contributed by atoms with E-state index in [9.17, 15) is 18.4 Å². The van der Waals surface area contributed by atoms with Crippen LogP contribution in [0.4, 0.5) is 19.4 Å². The third kappa shape index (κ3) is 2.55. The van der Waals surface area contributed by atoms with E-state index in [0.29, 0.717) is 36.1 Å². The van der Waals surface area contributed by atoms with Gasteiger partial charge in [0.2, 0.25) is 0 Å². The molecule has 0 saturated carbocycles. The number of piperidine rings is 1. The number of amides is 3. The number of carbonyl (C=O) groups excluding carboxylic acids is 2. The van der Waals surface area contributed by atoms with Crippen LogP contribution in [0.5, 0.6) is 0 Å². The van der Waals surface area contributed by atoms with Crippen LogP contribution in [0, 0.1) is 0 Å². The van der Waals surface area contributed by atoms with E-state index in [1.54, 1.807) is 29.2 Å². The number of halogens is 2. The normalized spacial score (nSPS) is 23.4. The molecule has 2 fully saturated rings. The molecule has 0 radical (unpaired) electrons. The van der Waals surface area contributed by atoms with Crippen molar-refractivity contribution in [3.05, 3.63) is 30.1 Å². The Kier molecular flexibility index (Phi) is 3.52. The minimum Gasteiger partial charge on any atom is -0.353 e. The monoisotopic (exact) mass is 347 g/mol. The number of benzene rings is 1. The molecule has 3 heterocycles. The predicted molar refractivity (Wildman–Crippen MR) is 85.3 cm³/mol. The van der Waals surface area contributed by atoms with E-state index in [-0.39, 0.29) is 6.54 Å². The fraction of sp³-hybridized carbons (Fsp3) is 0.375. The van der Waals surface area contributed by atoms with Crippen molar-refractivity contribution >= 4 is 28.7 Å². The molecule has 3 amide bonds. The topological polar surface area (TPSA) is 87.2 Å². The lowest BCUT2D eigenvalue weighted by Crippen LogP contribution is -2.58. The third-order valence-electron chi connectivity index (χ3n) is 4.60. The number of fused-ring (bicyclic) bond motifs is 1. The van der Waals surface area contributed by atoms with Gasteiger partial charge in [-0.2, -0.15) is 0 Å². The second-order valence-electron chi connectivity index (χ2n) is 6.24. The number of hydrogen-bond acceptors (Lipinski definition) is 5. The van der Waals surface area contributed by atoms with Gasteiger partial charge in [0.1, 0.15) is 11.4 Å². The first-order valence-electron chi connectivity index (χ1n) is 7.92. The molecular formula is C16H15F2N5O2. The molecule has 2 saturated heterocycles. The van der Waals surface area contributed by atoms with Gasteiger partial charge in [-0.15, -0.1) is 0 Å². The molecule has 2 aromatic rings. The molecule has 25 heavy (non-hydrogen) atoms. The molecule has 2 aliphatic heterocycles. The van der Waals surface area contributed by atoms with Crippen LogP contribution >= 0.6 is 0 Å². The lowest BCUT2D eigenvalue weighted by atomic mass is 9.89. The van der Waals surface area contributed by atoms with Crippen LogP contribution < -0.4 is 15.5 Å². The largest absolute Gasteiger partial charge is 0.353 e. The molecule has 0 bridgehead atoms. The Balaban J connectivity index is 1.78. The summed E-state index contributed by atoms with van der Waals surface area (Å²) in [6.45, 7) is 0.725. The van der Waals surface area contributed by atoms with E-state index < -0.39 is 29.7 Å². The number of urea groups is 1. The van der Waals surface area contributed by atoms with Crippen LogP contribution in [0.15, 0.2) is 24.3 Å². The van der Waals surface area contributed by atoms with E-state index in [1.165, 1.54) is 0 Å². The summed E-state index contributed by atoms with van der Waals surface area (Å²) in [4.78, 5) is 33.5. The SMILES string of the molecule is O=C1NC(=O)C2(CCCN(c3nc(C(F)F)nc4ccccc34)C2)N1. The van der Waals surface area contributed by atoms with Crippen LogP contribution in [0.25, 0.3) is 10.9 Å². The molecule has 1 aromatic heterocycles. The number of imide groups is 1. The van der Waals surface area contributed by atoms with Crippen molar-refractivity contribution in [2.24, 2.45) is 0 Å². The van der Waals surface area contributed by atoms with E-state index in [4.69, 9.17) is 0 Å². The average Bonchev–Trinajstić information content (AvgIpc) is 2.86. The minimum absolute atomic E-state index is 0.175. The molecule has 1 aromatic carbocycles. The predicted octanol–water partition coefficient (Wildman–Crippen LogP) is 1.75. The van der Waals surface area contributed by atoms with E-state index in [1.807, 2.05) is 0 Å². The molecule has 1 spiro atoms. The summed E-state index contributed by atoms with van der Waals surface area (Å²) >= 11 is 0. The van der Waals surface area contributed by atoms with Gasteiger partial charge in [-0.1, -0.05) is 12.1 Å². The zero-order chi connectivity index (χ0) is 17.6. The Labute approximate surface area is 141 Å². The van der Waals surface area contributed by atoms with Crippen molar-refractivity contribution in [1.29, 1.82) is 0 Å². The number of nitrogens with zero attached hydrogens (tertiary/aromatic N) is 3. The number of carbonyl (C=O) groups is 2. The Morgan fingerprint density at radius 3 is 2.72 bits per heavy atom. The van der Waals surface area contributed by atoms with Gasteiger partial charge in [-0.25, -0.2) is 23.5 Å². The lowest BCUT2D eigenvalue weighted by Gasteiger charge is -2.39. The summed E-state index contributed by atoms with van der Waals surface area (Å²) in [6, 6.07) is 6.37. The second-order valence-corrected chi connectivity index (χ2v) is 6.24. The molecule has 2 N–H and O–H groups in total. The van der Waals surface area contributed by atoms with Gasteiger partial charge in [0, 0.05) is 11.9 Å². The smallest absolute Gasteiger partial charge is 0.322 e. The second kappa shape index (κ2) is 5.61. The quantitative estimate of drug-likeness (QED) is 0.808. The fourth-order valence-corrected chi connectivity index (χ4v) is 3.47. The standard InChI is InChI=1S/C16H15F2N5O2/c17-11(18)12-19-10-5-2-1-4-9(10)13(20-12)23-7-3-6-16(8-23)14(24)21-15(25)22-16/h1-2,4-5,11H,3,6-8H2,(H2,21,22,24,25). The Bertz CT molecular complexity index is 875. The summed E-state index contributed by atoms with van der Waals surface area (Å²) < 4.78 is 26.4. The highest BCUT2D eigenvalue weighted by Gasteiger charge is 2.49. The lowest BCUT2D eigenvalue weighted by molar-refractivity contribution is -0.124. The van der Waals surface area contributed by atoms with Gasteiger partial charge < -0.3 is 10.2 Å². The number of para-hydroxylation sites is 1. The van der Waals surface area contributed by atoms with Gasteiger partial charge in [0.25, 0.3) is 12.3 Å². The van der Waals surface area contributed by atoms with Crippen molar-refractivity contribution in [2.45, 2.75) is 24.8 Å². The number of hydrogen-bond donors (Lipinski definition) is 2. The van der Waals surface area contributed by atoms with Crippen molar-refractivity contribution in [2.75, 3.05) is 18.0 Å². The molecule has 130 valence electrons. The molecule has 9 heteroatoms. The highest BCUT2D eigenvalue weighted by atomic mass is 19.3. The van der Waals surface area contributed by atoms with Crippen LogP contribution in [0.1, 0.15) is 25.1 Å². The van der Waals surface area contributed by atoms with Crippen molar-refractivity contribution in [3.63, 3.8) is 0 Å². The van der Waals surface area contributed by atoms with Gasteiger partial charge in [-0.05, 0) is 25.0 Å². The first kappa shape index (κ1) is 15.7. The first-order valence-corrected chi connectivity index (χ1v) is 7.92. The number of aromatic nitrogens is 2. The molecule has 4 rings (SSSR count). The minimum atomic E-state index is -2.79. The summed E-state index contributed by atoms with van der Waals surface area (Å²) in [5.41, 5.74) is -0.630. The van der Waals surface area contributed by atoms with Gasteiger partial charge in [0.05, 0.1) is 12.1 Å². The summed E-state index contributed by atoms with van der Waals surface area (Å²) in [7, 11) is 0. The highest BCUT2D eigenvalue weighted by molar-refractivity contribution is 6.07. The number of alkyl halides is 2. The first-order chi connectivity index (χ1) is 12.0. The number of rotatable bonds is 2. The molecule has 1 atom stereocenters. The molecule has 7 nitrogen and oxygen atoms in total. The molecular weight excluding hydrogens is 332 g/mol. The third-order valence-corrected chi connectivity index (χ3v) is 4.60. The van der Waals surface area contributed by atoms with Crippen LogP contribution in [0.3, 0.4) is 0 Å². The summed E-state index contributed by atoms with van der Waals surface area (Å²) in [5.74, 6) is -0.586. The Hall–Kier alpha value is -2.84. The van der Waals surface area contributed by atoms with Crippen molar-refractivity contribution in [1.82, 2.24) is 20.6 Å². The van der Waals surface area contributed by atoms with Gasteiger partial charge in [-0.3, -0.25) is 10.1 Å². The van der Waals surface area contributed by atoms with E-state index in [2.05, 4.69) is 20.6 Å². The zero-order valence-corrected chi connectivity index (χ0v) is 13.1. The molecule has 1 unspecified atom stereocenters. The van der Waals surface area contributed by atoms with Crippen molar-refractivity contribution < 1.29 is 18.4 Å². The van der Waals surface area contributed by atoms with Crippen LogP contribution in [0.2, 0.25) is 0 Å². The average molecular weight is 347 g/mol. The van der Waals surface area contributed by atoms with Crippen molar-refractivity contribution in [3.8, 4) is 0 Å². The Morgan fingerprint density at radius 1 is 1.20 bits per heavy atom. The highest BCUT2D eigenvalue weighted by Crippen LogP contribution is 2.32. The zero-order valence-electron chi connectivity index (χ0n) is 13.1.